The SMILES string of the molecule is Cc1n[nH]cc1-c1cccc(C(=O)Nc2ccc3nn(CC(=O)N4CCN(C(=O)c5ccccc5)CC4)cc3c2)n1. The van der Waals surface area contributed by atoms with E-state index in [9.17, 15) is 14.4 Å². The van der Waals surface area contributed by atoms with Crippen LogP contribution in [0.1, 0.15) is 26.5 Å². The minimum atomic E-state index is -0.334. The monoisotopic (exact) mass is 548 g/mol. The first-order chi connectivity index (χ1) is 19.9. The molecule has 3 amide bonds. The van der Waals surface area contributed by atoms with Crippen molar-refractivity contribution in [1.29, 1.82) is 0 Å². The second-order valence-electron chi connectivity index (χ2n) is 9.89. The third kappa shape index (κ3) is 5.55. The summed E-state index contributed by atoms with van der Waals surface area (Å²) in [6, 6.07) is 19.8. The molecule has 1 aliphatic rings. The van der Waals surface area contributed by atoms with E-state index in [1.807, 2.05) is 37.3 Å². The Kier molecular flexibility index (Phi) is 6.99. The van der Waals surface area contributed by atoms with Crippen LogP contribution in [0.2, 0.25) is 0 Å². The highest BCUT2D eigenvalue weighted by Gasteiger charge is 2.25. The van der Waals surface area contributed by atoms with Crippen molar-refractivity contribution < 1.29 is 14.4 Å². The van der Waals surface area contributed by atoms with E-state index < -0.39 is 0 Å². The number of aryl methyl sites for hydroxylation is 1. The Balaban J connectivity index is 1.07. The zero-order valence-corrected chi connectivity index (χ0v) is 22.4. The fraction of sp³-hybridized carbons (Fsp3) is 0.200. The maximum absolute atomic E-state index is 13.0. The average Bonchev–Trinajstić information content (AvgIpc) is 3.62. The third-order valence-corrected chi connectivity index (χ3v) is 7.14. The molecule has 6 rings (SSSR count). The fourth-order valence-corrected chi connectivity index (χ4v) is 4.92. The van der Waals surface area contributed by atoms with E-state index in [-0.39, 0.29) is 30.0 Å². The minimum Gasteiger partial charge on any atom is -0.338 e. The summed E-state index contributed by atoms with van der Waals surface area (Å²) in [4.78, 5) is 46.6. The van der Waals surface area contributed by atoms with Gasteiger partial charge in [0.15, 0.2) is 0 Å². The molecule has 0 saturated carbocycles. The van der Waals surface area contributed by atoms with Crippen molar-refractivity contribution in [3.05, 3.63) is 96.1 Å². The fourth-order valence-electron chi connectivity index (χ4n) is 4.92. The summed E-state index contributed by atoms with van der Waals surface area (Å²) in [6.07, 6.45) is 3.54. The first-order valence-electron chi connectivity index (χ1n) is 13.3. The average molecular weight is 549 g/mol. The lowest BCUT2D eigenvalue weighted by atomic mass is 10.1. The second kappa shape index (κ2) is 11.0. The molecule has 1 fully saturated rings. The van der Waals surface area contributed by atoms with E-state index in [1.54, 1.807) is 63.3 Å². The Morgan fingerprint density at radius 2 is 1.71 bits per heavy atom. The predicted octanol–water partition coefficient (Wildman–Crippen LogP) is 3.37. The number of amides is 3. The molecule has 0 aliphatic carbocycles. The second-order valence-corrected chi connectivity index (χ2v) is 9.89. The molecular weight excluding hydrogens is 520 g/mol. The van der Waals surface area contributed by atoms with Crippen LogP contribution in [0.15, 0.2) is 79.1 Å². The van der Waals surface area contributed by atoms with Gasteiger partial charge < -0.3 is 15.1 Å². The van der Waals surface area contributed by atoms with E-state index >= 15 is 0 Å². The molecule has 206 valence electrons. The van der Waals surface area contributed by atoms with Gasteiger partial charge in [-0.05, 0) is 49.4 Å². The number of benzene rings is 2. The molecule has 41 heavy (non-hydrogen) atoms. The standard InChI is InChI=1S/C30H28N8O3/c1-20-24(17-31-34-20)26-8-5-9-27(33-26)29(40)32-23-10-11-25-22(16-23)18-38(35-25)19-28(39)36-12-14-37(15-13-36)30(41)21-6-3-2-4-7-21/h2-11,16-18H,12-15,19H2,1H3,(H,31,34)(H,32,40). The van der Waals surface area contributed by atoms with E-state index in [4.69, 9.17) is 0 Å². The van der Waals surface area contributed by atoms with Crippen molar-refractivity contribution in [3.8, 4) is 11.3 Å². The summed E-state index contributed by atoms with van der Waals surface area (Å²) >= 11 is 0. The molecule has 0 spiro atoms. The molecule has 1 saturated heterocycles. The van der Waals surface area contributed by atoms with Crippen molar-refractivity contribution in [2.45, 2.75) is 13.5 Å². The molecule has 5 aromatic rings. The third-order valence-electron chi connectivity index (χ3n) is 7.14. The van der Waals surface area contributed by atoms with Crippen LogP contribution in [0.25, 0.3) is 22.2 Å². The number of nitrogens with zero attached hydrogens (tertiary/aromatic N) is 6. The van der Waals surface area contributed by atoms with Gasteiger partial charge in [-0.2, -0.15) is 10.2 Å². The highest BCUT2D eigenvalue weighted by molar-refractivity contribution is 6.04. The van der Waals surface area contributed by atoms with E-state index in [0.29, 0.717) is 48.6 Å². The maximum atomic E-state index is 13.0. The van der Waals surface area contributed by atoms with Gasteiger partial charge in [-0.3, -0.25) is 24.2 Å². The first kappa shape index (κ1) is 25.9. The smallest absolute Gasteiger partial charge is 0.274 e. The summed E-state index contributed by atoms with van der Waals surface area (Å²) in [5.41, 5.74) is 4.55. The lowest BCUT2D eigenvalue weighted by molar-refractivity contribution is -0.133. The number of rotatable bonds is 6. The van der Waals surface area contributed by atoms with Gasteiger partial charge >= 0.3 is 0 Å². The van der Waals surface area contributed by atoms with Crippen molar-refractivity contribution in [3.63, 3.8) is 0 Å². The lowest BCUT2D eigenvalue weighted by Gasteiger charge is -2.34. The summed E-state index contributed by atoms with van der Waals surface area (Å²) in [5, 5.41) is 15.1. The highest BCUT2D eigenvalue weighted by Crippen LogP contribution is 2.21. The number of aromatic nitrogens is 5. The number of hydrogen-bond acceptors (Lipinski definition) is 6. The van der Waals surface area contributed by atoms with Crippen molar-refractivity contribution in [2.75, 3.05) is 31.5 Å². The van der Waals surface area contributed by atoms with Gasteiger partial charge in [0, 0.05) is 60.8 Å². The number of fused-ring (bicyclic) bond motifs is 1. The number of carbonyl (C=O) groups excluding carboxylic acids is 3. The summed E-state index contributed by atoms with van der Waals surface area (Å²) in [6.45, 7) is 3.89. The van der Waals surface area contributed by atoms with Crippen LogP contribution in [-0.4, -0.2) is 78.7 Å². The molecule has 0 unspecified atom stereocenters. The molecule has 11 heteroatoms. The number of pyridine rings is 1. The number of hydrogen-bond donors (Lipinski definition) is 2. The van der Waals surface area contributed by atoms with Gasteiger partial charge in [-0.15, -0.1) is 0 Å². The molecule has 11 nitrogen and oxygen atoms in total. The van der Waals surface area contributed by atoms with Crippen LogP contribution in [0.4, 0.5) is 5.69 Å². The van der Waals surface area contributed by atoms with Gasteiger partial charge in [0.1, 0.15) is 12.2 Å². The number of carbonyl (C=O) groups is 3. The Bertz CT molecular complexity index is 1740. The molecule has 0 radical (unpaired) electrons. The van der Waals surface area contributed by atoms with Crippen molar-refractivity contribution in [1.82, 2.24) is 34.8 Å². The van der Waals surface area contributed by atoms with Crippen LogP contribution in [0, 0.1) is 6.92 Å². The number of anilines is 1. The van der Waals surface area contributed by atoms with Crippen molar-refractivity contribution in [2.24, 2.45) is 0 Å². The molecule has 1 aliphatic heterocycles. The first-order valence-corrected chi connectivity index (χ1v) is 13.3. The van der Waals surface area contributed by atoms with Crippen LogP contribution in [0.5, 0.6) is 0 Å². The molecule has 0 atom stereocenters. The van der Waals surface area contributed by atoms with E-state index in [1.165, 1.54) is 0 Å². The summed E-state index contributed by atoms with van der Waals surface area (Å²) in [5.74, 6) is -0.410. The van der Waals surface area contributed by atoms with Gasteiger partial charge in [-0.1, -0.05) is 24.3 Å². The quantitative estimate of drug-likeness (QED) is 0.335. The number of piperazine rings is 1. The van der Waals surface area contributed by atoms with Gasteiger partial charge in [-0.25, -0.2) is 4.98 Å². The molecule has 0 bridgehead atoms. The molecule has 4 heterocycles. The minimum absolute atomic E-state index is 0.0181. The maximum Gasteiger partial charge on any atom is 0.274 e. The highest BCUT2D eigenvalue weighted by atomic mass is 16.2. The Labute approximate surface area is 235 Å². The largest absolute Gasteiger partial charge is 0.338 e. The number of H-pyrrole nitrogens is 1. The lowest BCUT2D eigenvalue weighted by Crippen LogP contribution is -2.51. The van der Waals surface area contributed by atoms with Gasteiger partial charge in [0.05, 0.1) is 16.9 Å². The van der Waals surface area contributed by atoms with Crippen LogP contribution < -0.4 is 5.32 Å². The molecule has 2 aromatic carbocycles. The zero-order valence-electron chi connectivity index (χ0n) is 22.4. The molecule has 3 aromatic heterocycles. The van der Waals surface area contributed by atoms with Crippen LogP contribution >= 0.6 is 0 Å². The molecular formula is C30H28N8O3. The van der Waals surface area contributed by atoms with Crippen molar-refractivity contribution >= 4 is 34.3 Å². The van der Waals surface area contributed by atoms with E-state index in [0.717, 1.165) is 16.6 Å². The normalized spacial score (nSPS) is 13.4. The zero-order chi connectivity index (χ0) is 28.3. The topological polar surface area (TPSA) is 129 Å². The summed E-state index contributed by atoms with van der Waals surface area (Å²) in [7, 11) is 0. The molecule has 2 N–H and O–H groups in total. The Hall–Kier alpha value is -5.32. The van der Waals surface area contributed by atoms with Crippen LogP contribution in [-0.2, 0) is 11.3 Å². The Morgan fingerprint density at radius 1 is 0.927 bits per heavy atom. The Morgan fingerprint density at radius 3 is 2.46 bits per heavy atom. The predicted molar refractivity (Wildman–Crippen MR) is 153 cm³/mol. The number of aromatic amines is 1. The summed E-state index contributed by atoms with van der Waals surface area (Å²) < 4.78 is 1.61. The number of nitrogens with one attached hydrogen (secondary N) is 2. The van der Waals surface area contributed by atoms with Crippen LogP contribution in [0.3, 0.4) is 0 Å². The van der Waals surface area contributed by atoms with Gasteiger partial charge in [0.2, 0.25) is 5.91 Å². The van der Waals surface area contributed by atoms with Gasteiger partial charge in [0.25, 0.3) is 11.8 Å². The van der Waals surface area contributed by atoms with E-state index in [2.05, 4.69) is 25.6 Å².